The molecule has 0 spiro atoms. The second-order valence-electron chi connectivity index (χ2n) is 4.30. The molecule has 0 radical (unpaired) electrons. The van der Waals surface area contributed by atoms with Gasteiger partial charge in [0.25, 0.3) is 0 Å². The first kappa shape index (κ1) is 14.3. The average molecular weight is 268 g/mol. The molecule has 0 bridgehead atoms. The second-order valence-corrected chi connectivity index (χ2v) is 5.65. The Morgan fingerprint density at radius 3 is 2.71 bits per heavy atom. The Balaban J connectivity index is 3.08. The minimum absolute atomic E-state index is 0.459. The molecule has 1 aromatic rings. The van der Waals surface area contributed by atoms with Crippen molar-refractivity contribution < 1.29 is 0 Å². The van der Waals surface area contributed by atoms with Crippen LogP contribution in [0.3, 0.4) is 0 Å². The maximum absolute atomic E-state index is 5.79. The fourth-order valence-electron chi connectivity index (χ4n) is 1.75. The highest BCUT2D eigenvalue weighted by Crippen LogP contribution is 2.23. The van der Waals surface area contributed by atoms with Gasteiger partial charge in [0, 0.05) is 30.1 Å². The number of hydrogen-bond donors (Lipinski definition) is 1. The summed E-state index contributed by atoms with van der Waals surface area (Å²) < 4.78 is 0. The van der Waals surface area contributed by atoms with Crippen LogP contribution in [-0.4, -0.2) is 30.1 Å². The van der Waals surface area contributed by atoms with Crippen LogP contribution in [0.2, 0.25) is 0 Å². The van der Waals surface area contributed by atoms with E-state index in [2.05, 4.69) is 50.2 Å². The summed E-state index contributed by atoms with van der Waals surface area (Å²) in [5, 5.41) is 0. The first-order chi connectivity index (χ1) is 7.97. The predicted molar refractivity (Wildman–Crippen MR) is 83.3 cm³/mol. The molecule has 1 atom stereocenters. The largest absolute Gasteiger partial charge is 0.389 e. The minimum Gasteiger partial charge on any atom is -0.389 e. The highest BCUT2D eigenvalue weighted by molar-refractivity contribution is 7.98. The lowest BCUT2D eigenvalue weighted by Gasteiger charge is -2.28. The SMILES string of the molecule is CSCC(C)N(C)c1ccc(C)cc1C(N)=S. The maximum atomic E-state index is 5.79. The summed E-state index contributed by atoms with van der Waals surface area (Å²) in [6.07, 6.45) is 2.12. The number of nitrogens with zero attached hydrogens (tertiary/aromatic N) is 1. The summed E-state index contributed by atoms with van der Waals surface area (Å²) in [7, 11) is 2.09. The normalized spacial score (nSPS) is 12.2. The number of nitrogens with two attached hydrogens (primary N) is 1. The molecule has 0 heterocycles. The van der Waals surface area contributed by atoms with Crippen molar-refractivity contribution >= 4 is 34.7 Å². The van der Waals surface area contributed by atoms with E-state index < -0.39 is 0 Å². The Morgan fingerprint density at radius 1 is 1.53 bits per heavy atom. The van der Waals surface area contributed by atoms with E-state index in [-0.39, 0.29) is 0 Å². The molecule has 1 aromatic carbocycles. The molecule has 94 valence electrons. The molecule has 0 aromatic heterocycles. The first-order valence-electron chi connectivity index (χ1n) is 5.59. The topological polar surface area (TPSA) is 29.3 Å². The number of thiocarbonyl (C=S) groups is 1. The summed E-state index contributed by atoms with van der Waals surface area (Å²) in [5.41, 5.74) is 9.06. The molecule has 0 saturated carbocycles. The monoisotopic (exact) mass is 268 g/mol. The maximum Gasteiger partial charge on any atom is 0.106 e. The van der Waals surface area contributed by atoms with Gasteiger partial charge in [-0.2, -0.15) is 11.8 Å². The highest BCUT2D eigenvalue weighted by Gasteiger charge is 2.14. The molecule has 2 N–H and O–H groups in total. The molecular weight excluding hydrogens is 248 g/mol. The minimum atomic E-state index is 0.459. The van der Waals surface area contributed by atoms with Crippen LogP contribution in [0, 0.1) is 6.92 Å². The number of benzene rings is 1. The van der Waals surface area contributed by atoms with E-state index in [9.17, 15) is 0 Å². The zero-order valence-corrected chi connectivity index (χ0v) is 12.5. The third-order valence-electron chi connectivity index (χ3n) is 2.87. The molecule has 4 heteroatoms. The number of aryl methyl sites for hydroxylation is 1. The Morgan fingerprint density at radius 2 is 2.18 bits per heavy atom. The average Bonchev–Trinajstić information content (AvgIpc) is 2.28. The van der Waals surface area contributed by atoms with E-state index in [1.165, 1.54) is 5.56 Å². The van der Waals surface area contributed by atoms with E-state index in [0.717, 1.165) is 17.0 Å². The van der Waals surface area contributed by atoms with Crippen molar-refractivity contribution in [3.05, 3.63) is 29.3 Å². The number of rotatable bonds is 5. The van der Waals surface area contributed by atoms with E-state index in [0.29, 0.717) is 11.0 Å². The molecular formula is C13H20N2S2. The van der Waals surface area contributed by atoms with E-state index >= 15 is 0 Å². The van der Waals surface area contributed by atoms with Gasteiger partial charge in [-0.3, -0.25) is 0 Å². The Hall–Kier alpha value is -0.740. The van der Waals surface area contributed by atoms with Gasteiger partial charge in [0.2, 0.25) is 0 Å². The standard InChI is InChI=1S/C13H20N2S2/c1-9-5-6-12(11(7-9)13(14)16)15(3)10(2)8-17-4/h5-7,10H,8H2,1-4H3,(H2,14,16). The molecule has 0 aliphatic rings. The van der Waals surface area contributed by atoms with Gasteiger partial charge in [0.1, 0.15) is 4.99 Å². The van der Waals surface area contributed by atoms with Crippen LogP contribution >= 0.6 is 24.0 Å². The third-order valence-corrected chi connectivity index (χ3v) is 3.90. The zero-order chi connectivity index (χ0) is 13.0. The third kappa shape index (κ3) is 3.61. The van der Waals surface area contributed by atoms with Crippen molar-refractivity contribution in [3.63, 3.8) is 0 Å². The van der Waals surface area contributed by atoms with Crippen LogP contribution in [-0.2, 0) is 0 Å². The number of anilines is 1. The Bertz CT molecular complexity index is 404. The van der Waals surface area contributed by atoms with Crippen LogP contribution in [0.4, 0.5) is 5.69 Å². The lowest BCUT2D eigenvalue weighted by atomic mass is 10.1. The fourth-order valence-corrected chi connectivity index (χ4v) is 2.61. The summed E-state index contributed by atoms with van der Waals surface area (Å²) >= 11 is 6.97. The van der Waals surface area contributed by atoms with Crippen LogP contribution < -0.4 is 10.6 Å². The van der Waals surface area contributed by atoms with Crippen molar-refractivity contribution in [1.29, 1.82) is 0 Å². The molecule has 1 rings (SSSR count). The summed E-state index contributed by atoms with van der Waals surface area (Å²) in [4.78, 5) is 2.71. The molecule has 0 aliphatic heterocycles. The Labute approximate surface area is 114 Å². The van der Waals surface area contributed by atoms with Crippen LogP contribution in [0.5, 0.6) is 0 Å². The molecule has 1 unspecified atom stereocenters. The molecule has 17 heavy (non-hydrogen) atoms. The van der Waals surface area contributed by atoms with Crippen molar-refractivity contribution in [2.24, 2.45) is 5.73 Å². The van der Waals surface area contributed by atoms with E-state index in [1.54, 1.807) is 0 Å². The first-order valence-corrected chi connectivity index (χ1v) is 7.39. The van der Waals surface area contributed by atoms with Gasteiger partial charge in [-0.25, -0.2) is 0 Å². The van der Waals surface area contributed by atoms with Gasteiger partial charge < -0.3 is 10.6 Å². The summed E-state index contributed by atoms with van der Waals surface area (Å²) in [6.45, 7) is 4.26. The smallest absolute Gasteiger partial charge is 0.106 e. The molecule has 0 fully saturated rings. The molecule has 0 saturated heterocycles. The van der Waals surface area contributed by atoms with E-state index in [1.807, 2.05) is 11.8 Å². The fraction of sp³-hybridized carbons (Fsp3) is 0.462. The summed E-state index contributed by atoms with van der Waals surface area (Å²) in [6, 6.07) is 6.71. The molecule has 0 aliphatic carbocycles. The zero-order valence-electron chi connectivity index (χ0n) is 10.9. The Kier molecular flexibility index (Phi) is 5.28. The van der Waals surface area contributed by atoms with Crippen molar-refractivity contribution in [2.45, 2.75) is 19.9 Å². The molecule has 0 amide bonds. The quantitative estimate of drug-likeness (QED) is 0.832. The second kappa shape index (κ2) is 6.26. The van der Waals surface area contributed by atoms with Gasteiger partial charge in [-0.15, -0.1) is 0 Å². The van der Waals surface area contributed by atoms with Crippen LogP contribution in [0.1, 0.15) is 18.1 Å². The summed E-state index contributed by atoms with van der Waals surface area (Å²) in [5.74, 6) is 1.08. The van der Waals surface area contributed by atoms with E-state index in [4.69, 9.17) is 18.0 Å². The van der Waals surface area contributed by atoms with Gasteiger partial charge in [0.15, 0.2) is 0 Å². The van der Waals surface area contributed by atoms with Gasteiger partial charge >= 0.3 is 0 Å². The van der Waals surface area contributed by atoms with Crippen molar-refractivity contribution in [3.8, 4) is 0 Å². The van der Waals surface area contributed by atoms with Gasteiger partial charge in [-0.05, 0) is 32.2 Å². The lowest BCUT2D eigenvalue weighted by Crippen LogP contribution is -2.32. The van der Waals surface area contributed by atoms with Crippen LogP contribution in [0.15, 0.2) is 18.2 Å². The molecule has 2 nitrogen and oxygen atoms in total. The number of hydrogen-bond acceptors (Lipinski definition) is 3. The van der Waals surface area contributed by atoms with Gasteiger partial charge in [0.05, 0.1) is 0 Å². The van der Waals surface area contributed by atoms with Crippen LogP contribution in [0.25, 0.3) is 0 Å². The van der Waals surface area contributed by atoms with Gasteiger partial charge in [-0.1, -0.05) is 23.8 Å². The van der Waals surface area contributed by atoms with Crippen molar-refractivity contribution in [2.75, 3.05) is 24.0 Å². The highest BCUT2D eigenvalue weighted by atomic mass is 32.2. The predicted octanol–water partition coefficient (Wildman–Crippen LogP) is 2.82. The van der Waals surface area contributed by atoms with Crippen molar-refractivity contribution in [1.82, 2.24) is 0 Å². The lowest BCUT2D eigenvalue weighted by molar-refractivity contribution is 0.765. The number of thioether (sulfide) groups is 1.